The molecule has 0 bridgehead atoms. The normalized spacial score (nSPS) is 20.1. The lowest BCUT2D eigenvalue weighted by Crippen LogP contribution is -2.59. The van der Waals surface area contributed by atoms with Crippen LogP contribution in [0.15, 0.2) is 18.5 Å². The number of rotatable bonds is 2. The van der Waals surface area contributed by atoms with Crippen molar-refractivity contribution >= 4 is 28.8 Å². The third-order valence-electron chi connectivity index (χ3n) is 4.74. The number of benzene rings is 1. The molecule has 0 spiro atoms. The molecular formula is C20H25FN4O4. The number of anilines is 1. The Labute approximate surface area is 168 Å². The van der Waals surface area contributed by atoms with Crippen molar-refractivity contribution in [2.24, 2.45) is 0 Å². The van der Waals surface area contributed by atoms with E-state index in [4.69, 9.17) is 4.74 Å². The van der Waals surface area contributed by atoms with E-state index < -0.39 is 23.5 Å². The predicted molar refractivity (Wildman–Crippen MR) is 106 cm³/mol. The molecule has 1 aromatic carbocycles. The van der Waals surface area contributed by atoms with Crippen LogP contribution in [0.3, 0.4) is 0 Å². The SMILES string of the molecule is C[C@@H]1CN(c2c(F)cc(C(=O)O)c3nccnc23)C[C@H](C)N1C(=O)OC(C)(C)C. The highest BCUT2D eigenvalue weighted by molar-refractivity contribution is 6.04. The van der Waals surface area contributed by atoms with Crippen LogP contribution in [0, 0.1) is 5.82 Å². The first-order valence-electron chi connectivity index (χ1n) is 9.42. The van der Waals surface area contributed by atoms with Crippen molar-refractivity contribution in [2.45, 2.75) is 52.3 Å². The molecular weight excluding hydrogens is 379 g/mol. The second-order valence-electron chi connectivity index (χ2n) is 8.30. The van der Waals surface area contributed by atoms with Crippen molar-refractivity contribution in [3.05, 3.63) is 29.8 Å². The van der Waals surface area contributed by atoms with Gasteiger partial charge in [-0.25, -0.2) is 14.0 Å². The summed E-state index contributed by atoms with van der Waals surface area (Å²) in [6.45, 7) is 9.84. The maximum atomic E-state index is 15.0. The van der Waals surface area contributed by atoms with Gasteiger partial charge in [0.05, 0.1) is 17.6 Å². The Kier molecular flexibility index (Phi) is 5.34. The Hall–Kier alpha value is -2.97. The number of nitrogens with zero attached hydrogens (tertiary/aromatic N) is 4. The van der Waals surface area contributed by atoms with Crippen molar-refractivity contribution in [1.82, 2.24) is 14.9 Å². The number of carbonyl (C=O) groups is 2. The van der Waals surface area contributed by atoms with Crippen molar-refractivity contribution < 1.29 is 23.8 Å². The molecule has 1 amide bonds. The summed E-state index contributed by atoms with van der Waals surface area (Å²) >= 11 is 0. The molecule has 2 atom stereocenters. The number of hydrogen-bond acceptors (Lipinski definition) is 6. The summed E-state index contributed by atoms with van der Waals surface area (Å²) in [6, 6.07) is 0.474. The van der Waals surface area contributed by atoms with Gasteiger partial charge in [-0.2, -0.15) is 0 Å². The lowest BCUT2D eigenvalue weighted by Gasteiger charge is -2.45. The van der Waals surface area contributed by atoms with E-state index in [1.807, 2.05) is 13.8 Å². The molecule has 3 rings (SSSR count). The van der Waals surface area contributed by atoms with Crippen LogP contribution in [0.25, 0.3) is 11.0 Å². The highest BCUT2D eigenvalue weighted by Crippen LogP contribution is 2.33. The quantitative estimate of drug-likeness (QED) is 0.820. The third-order valence-corrected chi connectivity index (χ3v) is 4.74. The second-order valence-corrected chi connectivity index (χ2v) is 8.30. The van der Waals surface area contributed by atoms with Gasteiger partial charge >= 0.3 is 12.1 Å². The van der Waals surface area contributed by atoms with Gasteiger partial charge in [-0.05, 0) is 40.7 Å². The van der Waals surface area contributed by atoms with E-state index in [-0.39, 0.29) is 34.4 Å². The smallest absolute Gasteiger partial charge is 0.410 e. The van der Waals surface area contributed by atoms with Gasteiger partial charge in [-0.15, -0.1) is 0 Å². The summed E-state index contributed by atoms with van der Waals surface area (Å²) in [6.07, 6.45) is 2.37. The average Bonchev–Trinajstić information content (AvgIpc) is 2.58. The number of aromatic nitrogens is 2. The van der Waals surface area contributed by atoms with E-state index in [1.165, 1.54) is 12.4 Å². The molecule has 1 N–H and O–H groups in total. The first-order chi connectivity index (χ1) is 13.5. The molecule has 0 radical (unpaired) electrons. The predicted octanol–water partition coefficient (Wildman–Crippen LogP) is 3.30. The van der Waals surface area contributed by atoms with Crippen molar-refractivity contribution in [3.63, 3.8) is 0 Å². The summed E-state index contributed by atoms with van der Waals surface area (Å²) in [5, 5.41) is 9.38. The van der Waals surface area contributed by atoms with Gasteiger partial charge in [0.1, 0.15) is 28.1 Å². The van der Waals surface area contributed by atoms with Gasteiger partial charge in [-0.3, -0.25) is 14.9 Å². The number of amides is 1. The molecule has 0 aliphatic carbocycles. The maximum Gasteiger partial charge on any atom is 0.410 e. The number of carboxylic acid groups (broad SMARTS) is 1. The fourth-order valence-corrected chi connectivity index (χ4v) is 3.73. The standard InChI is InChI=1S/C20H25FN4O4/c1-11-9-24(10-12(2)25(11)19(28)29-20(3,4)5)17-14(21)8-13(18(26)27)15-16(17)23-7-6-22-15/h6-8,11-12H,9-10H2,1-5H3,(H,26,27)/t11-,12+. The zero-order valence-corrected chi connectivity index (χ0v) is 17.1. The highest BCUT2D eigenvalue weighted by Gasteiger charge is 2.37. The summed E-state index contributed by atoms with van der Waals surface area (Å²) in [4.78, 5) is 35.8. The number of hydrogen-bond donors (Lipinski definition) is 1. The topological polar surface area (TPSA) is 95.9 Å². The Morgan fingerprint density at radius 2 is 1.69 bits per heavy atom. The van der Waals surface area contributed by atoms with Gasteiger partial charge in [0.15, 0.2) is 0 Å². The van der Waals surface area contributed by atoms with E-state index in [9.17, 15) is 19.1 Å². The lowest BCUT2D eigenvalue weighted by atomic mass is 10.0. The summed E-state index contributed by atoms with van der Waals surface area (Å²) in [7, 11) is 0. The molecule has 2 aromatic rings. The molecule has 1 saturated heterocycles. The number of piperazine rings is 1. The number of carbonyl (C=O) groups excluding carboxylic acids is 1. The molecule has 29 heavy (non-hydrogen) atoms. The Bertz CT molecular complexity index is 947. The van der Waals surface area contributed by atoms with Crippen LogP contribution in [0.4, 0.5) is 14.9 Å². The zero-order chi connectivity index (χ0) is 21.5. The minimum absolute atomic E-state index is 0.131. The number of fused-ring (bicyclic) bond motifs is 1. The number of halogens is 1. The van der Waals surface area contributed by atoms with Crippen LogP contribution in [0.2, 0.25) is 0 Å². The number of carboxylic acids is 1. The number of ether oxygens (including phenoxy) is 1. The Morgan fingerprint density at radius 3 is 2.21 bits per heavy atom. The first-order valence-corrected chi connectivity index (χ1v) is 9.42. The van der Waals surface area contributed by atoms with Crippen molar-refractivity contribution in [1.29, 1.82) is 0 Å². The fourth-order valence-electron chi connectivity index (χ4n) is 3.73. The molecule has 156 valence electrons. The van der Waals surface area contributed by atoms with Crippen LogP contribution in [0.1, 0.15) is 45.0 Å². The molecule has 1 aliphatic rings. The molecule has 2 heterocycles. The van der Waals surface area contributed by atoms with E-state index in [1.54, 1.807) is 30.6 Å². The summed E-state index contributed by atoms with van der Waals surface area (Å²) in [5.41, 5.74) is -0.331. The minimum atomic E-state index is -1.27. The Balaban J connectivity index is 1.97. The molecule has 0 saturated carbocycles. The van der Waals surface area contributed by atoms with Gasteiger partial charge < -0.3 is 14.7 Å². The van der Waals surface area contributed by atoms with E-state index in [0.717, 1.165) is 6.07 Å². The first kappa shape index (κ1) is 20.8. The maximum absolute atomic E-state index is 15.0. The largest absolute Gasteiger partial charge is 0.478 e. The van der Waals surface area contributed by atoms with Gasteiger partial charge in [0, 0.05) is 25.5 Å². The molecule has 9 heteroatoms. The van der Waals surface area contributed by atoms with Gasteiger partial charge in [-0.1, -0.05) is 0 Å². The van der Waals surface area contributed by atoms with Crippen LogP contribution >= 0.6 is 0 Å². The van der Waals surface area contributed by atoms with Crippen LogP contribution < -0.4 is 4.90 Å². The molecule has 1 aliphatic heterocycles. The van der Waals surface area contributed by atoms with Crippen molar-refractivity contribution in [2.75, 3.05) is 18.0 Å². The summed E-state index contributed by atoms with van der Waals surface area (Å²) < 4.78 is 20.5. The van der Waals surface area contributed by atoms with Crippen molar-refractivity contribution in [3.8, 4) is 0 Å². The lowest BCUT2D eigenvalue weighted by molar-refractivity contribution is 0.00563. The molecule has 1 aromatic heterocycles. The van der Waals surface area contributed by atoms with E-state index in [0.29, 0.717) is 13.1 Å². The molecule has 1 fully saturated rings. The van der Waals surface area contributed by atoms with Crippen LogP contribution in [-0.2, 0) is 4.74 Å². The third kappa shape index (κ3) is 4.08. The average molecular weight is 404 g/mol. The fraction of sp³-hybridized carbons (Fsp3) is 0.500. The monoisotopic (exact) mass is 404 g/mol. The van der Waals surface area contributed by atoms with Crippen LogP contribution in [-0.4, -0.2) is 62.8 Å². The molecule has 0 unspecified atom stereocenters. The van der Waals surface area contributed by atoms with Gasteiger partial charge in [0.2, 0.25) is 0 Å². The second kappa shape index (κ2) is 7.46. The number of aromatic carboxylic acids is 1. The molecule has 8 nitrogen and oxygen atoms in total. The Morgan fingerprint density at radius 1 is 1.14 bits per heavy atom. The van der Waals surface area contributed by atoms with E-state index in [2.05, 4.69) is 9.97 Å². The highest BCUT2D eigenvalue weighted by atomic mass is 19.1. The zero-order valence-electron chi connectivity index (χ0n) is 17.1. The minimum Gasteiger partial charge on any atom is -0.478 e. The van der Waals surface area contributed by atoms with Gasteiger partial charge in [0.25, 0.3) is 0 Å². The van der Waals surface area contributed by atoms with Crippen LogP contribution in [0.5, 0.6) is 0 Å². The van der Waals surface area contributed by atoms with E-state index >= 15 is 0 Å². The summed E-state index contributed by atoms with van der Waals surface area (Å²) in [5.74, 6) is -1.95.